The summed E-state index contributed by atoms with van der Waals surface area (Å²) < 4.78 is 45.4. The zero-order valence-electron chi connectivity index (χ0n) is 16.0. The van der Waals surface area contributed by atoms with Crippen molar-refractivity contribution in [1.29, 1.82) is 0 Å². The second kappa shape index (κ2) is 9.23. The second-order valence-corrected chi connectivity index (χ2v) is 7.91. The van der Waals surface area contributed by atoms with Crippen molar-refractivity contribution in [2.45, 2.75) is 4.90 Å². The molecule has 0 radical (unpaired) electrons. The lowest BCUT2D eigenvalue weighted by atomic mass is 10.2. The van der Waals surface area contributed by atoms with Crippen molar-refractivity contribution < 1.29 is 22.3 Å². The smallest absolute Gasteiger partial charge is 0.261 e. The minimum atomic E-state index is -3.78. The van der Waals surface area contributed by atoms with E-state index in [1.807, 2.05) is 0 Å². The zero-order chi connectivity index (χ0) is 21.6. The summed E-state index contributed by atoms with van der Waals surface area (Å²) in [6.07, 6.45) is 2.86. The maximum Gasteiger partial charge on any atom is 0.261 e. The third-order valence-corrected chi connectivity index (χ3v) is 5.47. The Balaban J connectivity index is 1.63. The van der Waals surface area contributed by atoms with Gasteiger partial charge in [-0.15, -0.1) is 0 Å². The van der Waals surface area contributed by atoms with Crippen LogP contribution in [0, 0.1) is 5.82 Å². The van der Waals surface area contributed by atoms with Crippen LogP contribution < -0.4 is 14.8 Å². The van der Waals surface area contributed by atoms with Crippen molar-refractivity contribution in [3.63, 3.8) is 0 Å². The van der Waals surface area contributed by atoms with Gasteiger partial charge in [-0.2, -0.15) is 0 Å². The number of methoxy groups -OCH3 is 1. The monoisotopic (exact) mass is 426 g/mol. The Hall–Kier alpha value is -3.65. The second-order valence-electron chi connectivity index (χ2n) is 6.23. The largest absolute Gasteiger partial charge is 0.497 e. The van der Waals surface area contributed by atoms with Gasteiger partial charge in [0.2, 0.25) is 5.91 Å². The fourth-order valence-electron chi connectivity index (χ4n) is 2.52. The highest BCUT2D eigenvalue weighted by Gasteiger charge is 2.14. The first-order valence-corrected chi connectivity index (χ1v) is 10.4. The van der Waals surface area contributed by atoms with Crippen LogP contribution in [0.2, 0.25) is 0 Å². The molecule has 0 heterocycles. The van der Waals surface area contributed by atoms with Gasteiger partial charge in [-0.3, -0.25) is 9.52 Å². The average molecular weight is 426 g/mol. The molecular weight excluding hydrogens is 407 g/mol. The molecule has 0 fully saturated rings. The van der Waals surface area contributed by atoms with Gasteiger partial charge in [-0.25, -0.2) is 12.8 Å². The number of hydrogen-bond donors (Lipinski definition) is 2. The molecule has 154 valence electrons. The summed E-state index contributed by atoms with van der Waals surface area (Å²) in [4.78, 5) is 12.1. The molecule has 0 aliphatic rings. The fraction of sp³-hybridized carbons (Fsp3) is 0.0455. The lowest BCUT2D eigenvalue weighted by Crippen LogP contribution is -2.13. The number of ether oxygens (including phenoxy) is 1. The van der Waals surface area contributed by atoms with Crippen molar-refractivity contribution in [2.75, 3.05) is 17.1 Å². The van der Waals surface area contributed by atoms with Gasteiger partial charge in [0.05, 0.1) is 12.0 Å². The summed E-state index contributed by atoms with van der Waals surface area (Å²) in [6.45, 7) is 0. The number of rotatable bonds is 7. The molecule has 1 amide bonds. The van der Waals surface area contributed by atoms with Gasteiger partial charge in [0.25, 0.3) is 10.0 Å². The van der Waals surface area contributed by atoms with Gasteiger partial charge in [0.1, 0.15) is 11.6 Å². The standard InChI is InChI=1S/C22H19FN2O4S/c1-29-20-11-7-19(8-12-20)25-30(27,28)21-13-9-18(10-14-21)24-22(26)15-4-16-2-5-17(23)6-3-16/h2-15,25H,1H3,(H,24,26)/b15-4+. The van der Waals surface area contributed by atoms with Gasteiger partial charge in [0.15, 0.2) is 0 Å². The minimum Gasteiger partial charge on any atom is -0.497 e. The Kier molecular flexibility index (Phi) is 6.48. The summed E-state index contributed by atoms with van der Waals surface area (Å²) in [7, 11) is -2.25. The molecule has 3 aromatic carbocycles. The van der Waals surface area contributed by atoms with E-state index in [1.54, 1.807) is 42.5 Å². The van der Waals surface area contributed by atoms with Crippen molar-refractivity contribution >= 4 is 33.4 Å². The Morgan fingerprint density at radius 2 is 1.50 bits per heavy atom. The van der Waals surface area contributed by atoms with E-state index in [2.05, 4.69) is 10.0 Å². The number of amides is 1. The van der Waals surface area contributed by atoms with Gasteiger partial charge in [0, 0.05) is 17.5 Å². The third kappa shape index (κ3) is 5.68. The molecule has 0 aliphatic heterocycles. The van der Waals surface area contributed by atoms with Crippen LogP contribution in [0.4, 0.5) is 15.8 Å². The van der Waals surface area contributed by atoms with Crippen molar-refractivity contribution in [3.8, 4) is 5.75 Å². The number of benzene rings is 3. The molecule has 0 saturated heterocycles. The lowest BCUT2D eigenvalue weighted by Gasteiger charge is -2.09. The van der Waals surface area contributed by atoms with E-state index in [1.165, 1.54) is 49.6 Å². The summed E-state index contributed by atoms with van der Waals surface area (Å²) in [6, 6.07) is 18.0. The highest BCUT2D eigenvalue weighted by molar-refractivity contribution is 7.92. The molecule has 2 N–H and O–H groups in total. The van der Waals surface area contributed by atoms with Gasteiger partial charge >= 0.3 is 0 Å². The van der Waals surface area contributed by atoms with Crippen LogP contribution in [0.1, 0.15) is 5.56 Å². The first-order valence-electron chi connectivity index (χ1n) is 8.87. The van der Waals surface area contributed by atoms with Crippen LogP contribution >= 0.6 is 0 Å². The number of halogens is 1. The first kappa shape index (κ1) is 21.1. The van der Waals surface area contributed by atoms with E-state index in [0.717, 1.165) is 0 Å². The number of hydrogen-bond acceptors (Lipinski definition) is 4. The predicted octanol–water partition coefficient (Wildman–Crippen LogP) is 4.29. The molecule has 0 aromatic heterocycles. The summed E-state index contributed by atoms with van der Waals surface area (Å²) >= 11 is 0. The average Bonchev–Trinajstić information content (AvgIpc) is 2.74. The van der Waals surface area contributed by atoms with E-state index < -0.39 is 15.9 Å². The molecule has 0 aliphatic carbocycles. The summed E-state index contributed by atoms with van der Waals surface area (Å²) in [5.41, 5.74) is 1.52. The molecule has 30 heavy (non-hydrogen) atoms. The van der Waals surface area contributed by atoms with E-state index in [0.29, 0.717) is 22.7 Å². The normalized spacial score (nSPS) is 11.3. The van der Waals surface area contributed by atoms with E-state index in [-0.39, 0.29) is 10.7 Å². The highest BCUT2D eigenvalue weighted by Crippen LogP contribution is 2.20. The lowest BCUT2D eigenvalue weighted by molar-refractivity contribution is -0.111. The van der Waals surface area contributed by atoms with E-state index in [9.17, 15) is 17.6 Å². The van der Waals surface area contributed by atoms with Gasteiger partial charge in [-0.05, 0) is 72.3 Å². The van der Waals surface area contributed by atoms with Gasteiger partial charge < -0.3 is 10.1 Å². The van der Waals surface area contributed by atoms with Crippen LogP contribution in [0.3, 0.4) is 0 Å². The van der Waals surface area contributed by atoms with Crippen LogP contribution in [0.15, 0.2) is 83.8 Å². The van der Waals surface area contributed by atoms with Crippen LogP contribution in [0.5, 0.6) is 5.75 Å². The number of carbonyl (C=O) groups is 1. The molecule has 6 nitrogen and oxygen atoms in total. The molecule has 0 bridgehead atoms. The topological polar surface area (TPSA) is 84.5 Å². The number of nitrogens with one attached hydrogen (secondary N) is 2. The maximum atomic E-state index is 12.9. The summed E-state index contributed by atoms with van der Waals surface area (Å²) in [5, 5.41) is 2.64. The zero-order valence-corrected chi connectivity index (χ0v) is 16.8. The van der Waals surface area contributed by atoms with Gasteiger partial charge in [-0.1, -0.05) is 12.1 Å². The number of anilines is 2. The Labute approximate surface area is 174 Å². The summed E-state index contributed by atoms with van der Waals surface area (Å²) in [5.74, 6) is -0.133. The Morgan fingerprint density at radius 1 is 0.900 bits per heavy atom. The quantitative estimate of drug-likeness (QED) is 0.552. The highest BCUT2D eigenvalue weighted by atomic mass is 32.2. The Morgan fingerprint density at radius 3 is 2.10 bits per heavy atom. The fourth-order valence-corrected chi connectivity index (χ4v) is 3.58. The molecule has 3 rings (SSSR count). The first-order chi connectivity index (χ1) is 14.4. The third-order valence-electron chi connectivity index (χ3n) is 4.07. The van der Waals surface area contributed by atoms with Crippen LogP contribution in [0.25, 0.3) is 6.08 Å². The molecule has 0 spiro atoms. The molecule has 0 unspecified atom stereocenters. The molecule has 3 aromatic rings. The molecule has 8 heteroatoms. The Bertz CT molecular complexity index is 1140. The number of carbonyl (C=O) groups excluding carboxylic acids is 1. The van der Waals surface area contributed by atoms with E-state index in [4.69, 9.17) is 4.74 Å². The molecule has 0 atom stereocenters. The SMILES string of the molecule is COc1ccc(NS(=O)(=O)c2ccc(NC(=O)/C=C/c3ccc(F)cc3)cc2)cc1. The van der Waals surface area contributed by atoms with E-state index >= 15 is 0 Å². The van der Waals surface area contributed by atoms with Crippen molar-refractivity contribution in [2.24, 2.45) is 0 Å². The van der Waals surface area contributed by atoms with Crippen molar-refractivity contribution in [1.82, 2.24) is 0 Å². The molecular formula is C22H19FN2O4S. The van der Waals surface area contributed by atoms with Crippen LogP contribution in [-0.4, -0.2) is 21.4 Å². The maximum absolute atomic E-state index is 12.9. The van der Waals surface area contributed by atoms with Crippen molar-refractivity contribution in [3.05, 3.63) is 90.3 Å². The minimum absolute atomic E-state index is 0.0539. The van der Waals surface area contributed by atoms with Crippen LogP contribution in [-0.2, 0) is 14.8 Å². The molecule has 0 saturated carbocycles. The number of sulfonamides is 1. The predicted molar refractivity (Wildman–Crippen MR) is 114 cm³/mol.